The molecular weight excluding hydrogens is 396 g/mol. The highest BCUT2D eigenvalue weighted by Gasteiger charge is 2.34. The van der Waals surface area contributed by atoms with Gasteiger partial charge in [0.15, 0.2) is 16.7 Å². The summed E-state index contributed by atoms with van der Waals surface area (Å²) in [5.74, 6) is 0.499. The first-order valence-corrected chi connectivity index (χ1v) is 10.00. The summed E-state index contributed by atoms with van der Waals surface area (Å²) in [6.07, 6.45) is 1.67. The van der Waals surface area contributed by atoms with Gasteiger partial charge in [0.25, 0.3) is 5.91 Å². The third-order valence-corrected chi connectivity index (χ3v) is 5.25. The predicted molar refractivity (Wildman–Crippen MR) is 115 cm³/mol. The molecule has 0 aromatic heterocycles. The van der Waals surface area contributed by atoms with E-state index in [2.05, 4.69) is 4.99 Å². The summed E-state index contributed by atoms with van der Waals surface area (Å²) >= 11 is 7.33. The van der Waals surface area contributed by atoms with Gasteiger partial charge in [-0.05, 0) is 48.0 Å². The fourth-order valence-corrected chi connectivity index (χ4v) is 3.92. The Balaban J connectivity index is 2.00. The van der Waals surface area contributed by atoms with Gasteiger partial charge < -0.3 is 9.84 Å². The second kappa shape index (κ2) is 8.71. The van der Waals surface area contributed by atoms with Gasteiger partial charge in [-0.15, -0.1) is 0 Å². The Morgan fingerprint density at radius 2 is 2.04 bits per heavy atom. The highest BCUT2D eigenvalue weighted by atomic mass is 35.5. The van der Waals surface area contributed by atoms with Crippen molar-refractivity contribution in [1.29, 1.82) is 0 Å². The van der Waals surface area contributed by atoms with Crippen LogP contribution in [0.3, 0.4) is 0 Å². The lowest BCUT2D eigenvalue weighted by molar-refractivity contribution is -0.122. The van der Waals surface area contributed by atoms with Crippen LogP contribution in [-0.2, 0) is 4.79 Å². The summed E-state index contributed by atoms with van der Waals surface area (Å²) in [5.41, 5.74) is 1.20. The third-order valence-electron chi connectivity index (χ3n) is 4.01. The molecule has 0 radical (unpaired) electrons. The Hall–Kier alpha value is -2.44. The maximum Gasteiger partial charge on any atom is 0.266 e. The fourth-order valence-electron chi connectivity index (χ4n) is 2.74. The molecule has 0 spiro atoms. The smallest absolute Gasteiger partial charge is 0.266 e. The first-order valence-electron chi connectivity index (χ1n) is 8.80. The van der Waals surface area contributed by atoms with Crippen molar-refractivity contribution in [3.63, 3.8) is 0 Å². The molecule has 0 atom stereocenters. The first-order chi connectivity index (χ1) is 13.4. The highest BCUT2D eigenvalue weighted by Crippen LogP contribution is 2.38. The van der Waals surface area contributed by atoms with E-state index in [0.29, 0.717) is 38.6 Å². The molecule has 0 saturated carbocycles. The number of phenols is 1. The highest BCUT2D eigenvalue weighted by molar-refractivity contribution is 8.18. The minimum absolute atomic E-state index is 0.00143. The van der Waals surface area contributed by atoms with E-state index in [1.165, 1.54) is 18.9 Å². The second-order valence-corrected chi connectivity index (χ2v) is 8.14. The van der Waals surface area contributed by atoms with Crippen LogP contribution < -0.4 is 4.74 Å². The van der Waals surface area contributed by atoms with Gasteiger partial charge in [0.2, 0.25) is 0 Å². The minimum Gasteiger partial charge on any atom is -0.504 e. The summed E-state index contributed by atoms with van der Waals surface area (Å²) in [6.45, 7) is 4.64. The number of nitrogens with zero attached hydrogens (tertiary/aromatic N) is 2. The van der Waals surface area contributed by atoms with E-state index < -0.39 is 0 Å². The number of ether oxygens (including phenoxy) is 1. The van der Waals surface area contributed by atoms with E-state index in [0.717, 1.165) is 0 Å². The lowest BCUT2D eigenvalue weighted by Crippen LogP contribution is -2.32. The molecule has 5 nitrogen and oxygen atoms in total. The maximum absolute atomic E-state index is 13.0. The number of para-hydroxylation sites is 1. The summed E-state index contributed by atoms with van der Waals surface area (Å²) in [6, 6.07) is 12.4. The number of hydrogen-bond donors (Lipinski definition) is 1. The fraction of sp³-hybridized carbons (Fsp3) is 0.238. The molecular formula is C21H21ClN2O3S. The molecule has 2 aromatic rings. The van der Waals surface area contributed by atoms with Crippen LogP contribution in [0.2, 0.25) is 5.02 Å². The van der Waals surface area contributed by atoms with Gasteiger partial charge in [-0.25, -0.2) is 4.99 Å². The number of carbonyl (C=O) groups is 1. The SMILES string of the molecule is COc1cccc(/C=C2/SC(=Nc3cccc(Cl)c3)N(CC(C)C)C2=O)c1O. The van der Waals surface area contributed by atoms with Crippen molar-refractivity contribution in [2.24, 2.45) is 10.9 Å². The Morgan fingerprint density at radius 1 is 1.29 bits per heavy atom. The lowest BCUT2D eigenvalue weighted by atomic mass is 10.1. The van der Waals surface area contributed by atoms with E-state index in [1.54, 1.807) is 41.3 Å². The molecule has 0 unspecified atom stereocenters. The second-order valence-electron chi connectivity index (χ2n) is 6.69. The van der Waals surface area contributed by atoms with Gasteiger partial charge in [-0.1, -0.05) is 43.6 Å². The number of thioether (sulfide) groups is 1. The molecule has 7 heteroatoms. The van der Waals surface area contributed by atoms with Crippen LogP contribution in [0.5, 0.6) is 11.5 Å². The van der Waals surface area contributed by atoms with Gasteiger partial charge >= 0.3 is 0 Å². The van der Waals surface area contributed by atoms with Gasteiger partial charge in [0, 0.05) is 17.1 Å². The molecule has 1 aliphatic rings. The van der Waals surface area contributed by atoms with Crippen molar-refractivity contribution in [3.8, 4) is 11.5 Å². The van der Waals surface area contributed by atoms with Crippen LogP contribution in [0.15, 0.2) is 52.4 Å². The maximum atomic E-state index is 13.0. The predicted octanol–water partition coefficient (Wildman–Crippen LogP) is 5.31. The lowest BCUT2D eigenvalue weighted by Gasteiger charge is -2.17. The number of amides is 1. The number of rotatable bonds is 5. The van der Waals surface area contributed by atoms with Gasteiger partial charge in [0.05, 0.1) is 17.7 Å². The molecule has 1 amide bonds. The normalized spacial score (nSPS) is 17.2. The van der Waals surface area contributed by atoms with Crippen molar-refractivity contribution >= 4 is 46.2 Å². The monoisotopic (exact) mass is 416 g/mol. The van der Waals surface area contributed by atoms with Crippen LogP contribution >= 0.6 is 23.4 Å². The van der Waals surface area contributed by atoms with Crippen LogP contribution in [0.25, 0.3) is 6.08 Å². The molecule has 1 heterocycles. The Morgan fingerprint density at radius 3 is 2.71 bits per heavy atom. The zero-order valence-corrected chi connectivity index (χ0v) is 17.4. The molecule has 1 N–H and O–H groups in total. The van der Waals surface area contributed by atoms with E-state index in [4.69, 9.17) is 16.3 Å². The summed E-state index contributed by atoms with van der Waals surface area (Å²) in [5, 5.41) is 11.5. The zero-order chi connectivity index (χ0) is 20.3. The van der Waals surface area contributed by atoms with Gasteiger partial charge in [-0.3, -0.25) is 9.69 Å². The third kappa shape index (κ3) is 4.51. The minimum atomic E-state index is -0.137. The summed E-state index contributed by atoms with van der Waals surface area (Å²) in [7, 11) is 1.49. The first kappa shape index (κ1) is 20.3. The van der Waals surface area contributed by atoms with Crippen molar-refractivity contribution in [2.75, 3.05) is 13.7 Å². The quantitative estimate of drug-likeness (QED) is 0.670. The van der Waals surface area contributed by atoms with Crippen LogP contribution in [-0.4, -0.2) is 34.7 Å². The van der Waals surface area contributed by atoms with Gasteiger partial charge in [-0.2, -0.15) is 0 Å². The molecule has 0 aliphatic carbocycles. The van der Waals surface area contributed by atoms with Crippen molar-refractivity contribution in [1.82, 2.24) is 4.90 Å². The number of methoxy groups -OCH3 is 1. The van der Waals surface area contributed by atoms with E-state index >= 15 is 0 Å². The molecule has 1 saturated heterocycles. The molecule has 0 bridgehead atoms. The van der Waals surface area contributed by atoms with Crippen molar-refractivity contribution in [3.05, 3.63) is 58.0 Å². The van der Waals surface area contributed by atoms with E-state index in [-0.39, 0.29) is 17.6 Å². The molecule has 3 rings (SSSR count). The molecule has 28 heavy (non-hydrogen) atoms. The molecule has 2 aromatic carbocycles. The van der Waals surface area contributed by atoms with Crippen LogP contribution in [0.4, 0.5) is 5.69 Å². The summed E-state index contributed by atoms with van der Waals surface area (Å²) < 4.78 is 5.14. The van der Waals surface area contributed by atoms with Gasteiger partial charge in [0.1, 0.15) is 0 Å². The topological polar surface area (TPSA) is 62.1 Å². The number of hydrogen-bond acceptors (Lipinski definition) is 5. The Bertz CT molecular complexity index is 956. The number of benzene rings is 2. The van der Waals surface area contributed by atoms with E-state index in [9.17, 15) is 9.90 Å². The Labute approximate surface area is 173 Å². The number of aromatic hydroxyl groups is 1. The zero-order valence-electron chi connectivity index (χ0n) is 15.8. The number of amidine groups is 1. The molecule has 1 fully saturated rings. The summed E-state index contributed by atoms with van der Waals surface area (Å²) in [4.78, 5) is 19.8. The molecule has 146 valence electrons. The van der Waals surface area contributed by atoms with Crippen molar-refractivity contribution in [2.45, 2.75) is 13.8 Å². The number of phenolic OH excluding ortho intramolecular Hbond substituents is 1. The number of halogens is 1. The average Bonchev–Trinajstić information content (AvgIpc) is 2.92. The molecule has 1 aliphatic heterocycles. The number of aliphatic imine (C=N–C) groups is 1. The van der Waals surface area contributed by atoms with E-state index in [1.807, 2.05) is 26.0 Å². The largest absolute Gasteiger partial charge is 0.504 e. The average molecular weight is 417 g/mol. The Kier molecular flexibility index (Phi) is 6.31. The van der Waals surface area contributed by atoms with Crippen LogP contribution in [0, 0.1) is 5.92 Å². The van der Waals surface area contributed by atoms with Crippen LogP contribution in [0.1, 0.15) is 19.4 Å². The standard InChI is InChI=1S/C21H21ClN2O3S/c1-13(2)12-24-20(26)18(10-14-6-4-9-17(27-3)19(14)25)28-21(24)23-16-8-5-7-15(22)11-16/h4-11,13,25H,12H2,1-3H3/b18-10+,23-21?. The number of carbonyl (C=O) groups excluding carboxylic acids is 1. The van der Waals surface area contributed by atoms with Crippen molar-refractivity contribution < 1.29 is 14.6 Å².